The fourth-order valence-corrected chi connectivity index (χ4v) is 4.65. The third-order valence-electron chi connectivity index (χ3n) is 5.06. The Labute approximate surface area is 143 Å². The van der Waals surface area contributed by atoms with E-state index in [0.717, 1.165) is 39.0 Å². The molecule has 0 spiro atoms. The van der Waals surface area contributed by atoms with E-state index < -0.39 is 10.0 Å². The van der Waals surface area contributed by atoms with Gasteiger partial charge >= 0.3 is 0 Å². The summed E-state index contributed by atoms with van der Waals surface area (Å²) < 4.78 is 26.8. The Hall–Kier alpha value is -1.44. The first-order valence-electron chi connectivity index (χ1n) is 8.59. The highest BCUT2D eigenvalue weighted by Crippen LogP contribution is 2.27. The summed E-state index contributed by atoms with van der Waals surface area (Å²) in [4.78, 5) is 14.5. The highest BCUT2D eigenvalue weighted by atomic mass is 32.2. The van der Waals surface area contributed by atoms with Crippen LogP contribution in [0.25, 0.3) is 0 Å². The second-order valence-electron chi connectivity index (χ2n) is 6.60. The van der Waals surface area contributed by atoms with Gasteiger partial charge in [-0.1, -0.05) is 18.2 Å². The maximum atomic E-state index is 12.4. The van der Waals surface area contributed by atoms with E-state index in [4.69, 9.17) is 0 Å². The van der Waals surface area contributed by atoms with Crippen LogP contribution in [0.15, 0.2) is 35.2 Å². The third-order valence-corrected chi connectivity index (χ3v) is 6.53. The molecule has 2 heterocycles. The highest BCUT2D eigenvalue weighted by molar-refractivity contribution is 7.89. The first kappa shape index (κ1) is 17.4. The average molecular weight is 351 g/mol. The molecule has 2 atom stereocenters. The number of nitrogens with one attached hydrogen (secondary N) is 2. The van der Waals surface area contributed by atoms with E-state index in [0.29, 0.717) is 11.8 Å². The Balaban J connectivity index is 1.47. The monoisotopic (exact) mass is 351 g/mol. The number of rotatable bonds is 5. The van der Waals surface area contributed by atoms with Gasteiger partial charge in [0.2, 0.25) is 15.9 Å². The van der Waals surface area contributed by atoms with Crippen molar-refractivity contribution in [2.24, 2.45) is 11.8 Å². The van der Waals surface area contributed by atoms with E-state index in [1.54, 1.807) is 30.3 Å². The quantitative estimate of drug-likeness (QED) is 0.823. The molecule has 0 bridgehead atoms. The normalized spacial score (nSPS) is 24.4. The van der Waals surface area contributed by atoms with Gasteiger partial charge in [0, 0.05) is 26.1 Å². The molecule has 132 valence electrons. The SMILES string of the molecule is O=C(CCNS(=O)(=O)c1ccccc1)N1CC[C@@H]2CNC[C@@H]2CC1. The summed E-state index contributed by atoms with van der Waals surface area (Å²) in [7, 11) is -3.54. The largest absolute Gasteiger partial charge is 0.343 e. The van der Waals surface area contributed by atoms with E-state index in [1.165, 1.54) is 0 Å². The highest BCUT2D eigenvalue weighted by Gasteiger charge is 2.31. The molecule has 0 saturated carbocycles. The number of amides is 1. The van der Waals surface area contributed by atoms with Gasteiger partial charge in [-0.25, -0.2) is 13.1 Å². The van der Waals surface area contributed by atoms with Gasteiger partial charge in [-0.2, -0.15) is 0 Å². The van der Waals surface area contributed by atoms with Crippen LogP contribution < -0.4 is 10.0 Å². The lowest BCUT2D eigenvalue weighted by Gasteiger charge is -2.21. The Morgan fingerprint density at radius 2 is 1.75 bits per heavy atom. The topological polar surface area (TPSA) is 78.5 Å². The molecule has 1 aromatic rings. The van der Waals surface area contributed by atoms with E-state index in [2.05, 4.69) is 10.0 Å². The Morgan fingerprint density at radius 1 is 1.12 bits per heavy atom. The van der Waals surface area contributed by atoms with Gasteiger partial charge in [0.25, 0.3) is 0 Å². The summed E-state index contributed by atoms with van der Waals surface area (Å²) in [5, 5.41) is 3.42. The van der Waals surface area contributed by atoms with Crippen LogP contribution in [0, 0.1) is 11.8 Å². The van der Waals surface area contributed by atoms with Crippen molar-refractivity contribution in [3.05, 3.63) is 30.3 Å². The molecule has 7 heteroatoms. The Morgan fingerprint density at radius 3 is 2.38 bits per heavy atom. The molecule has 0 aromatic heterocycles. The molecule has 2 N–H and O–H groups in total. The molecule has 2 saturated heterocycles. The van der Waals surface area contributed by atoms with E-state index in [1.807, 2.05) is 4.90 Å². The lowest BCUT2D eigenvalue weighted by atomic mass is 9.92. The number of hydrogen-bond acceptors (Lipinski definition) is 4. The van der Waals surface area contributed by atoms with Crippen LogP contribution in [0.5, 0.6) is 0 Å². The molecule has 0 unspecified atom stereocenters. The minimum atomic E-state index is -3.54. The van der Waals surface area contributed by atoms with E-state index >= 15 is 0 Å². The van der Waals surface area contributed by atoms with Crippen LogP contribution in [0.1, 0.15) is 19.3 Å². The molecule has 6 nitrogen and oxygen atoms in total. The van der Waals surface area contributed by atoms with Crippen molar-refractivity contribution in [1.82, 2.24) is 14.9 Å². The van der Waals surface area contributed by atoms with Crippen molar-refractivity contribution in [2.45, 2.75) is 24.2 Å². The van der Waals surface area contributed by atoms with Crippen molar-refractivity contribution in [3.63, 3.8) is 0 Å². The van der Waals surface area contributed by atoms with Gasteiger partial charge in [0.1, 0.15) is 0 Å². The van der Waals surface area contributed by atoms with Crippen LogP contribution in [0.3, 0.4) is 0 Å². The molecule has 3 rings (SSSR count). The van der Waals surface area contributed by atoms with E-state index in [-0.39, 0.29) is 23.8 Å². The molecule has 2 aliphatic heterocycles. The third kappa shape index (κ3) is 4.15. The smallest absolute Gasteiger partial charge is 0.240 e. The molecule has 24 heavy (non-hydrogen) atoms. The number of fused-ring (bicyclic) bond motifs is 1. The number of carbonyl (C=O) groups excluding carboxylic acids is 1. The number of benzene rings is 1. The summed E-state index contributed by atoms with van der Waals surface area (Å²) >= 11 is 0. The molecule has 0 radical (unpaired) electrons. The summed E-state index contributed by atoms with van der Waals surface area (Å²) in [5.74, 6) is 1.40. The zero-order chi connectivity index (χ0) is 17.0. The van der Waals surface area contributed by atoms with Crippen molar-refractivity contribution < 1.29 is 13.2 Å². The summed E-state index contributed by atoms with van der Waals surface area (Å²) in [6.45, 7) is 3.83. The Kier molecular flexibility index (Phi) is 5.53. The zero-order valence-electron chi connectivity index (χ0n) is 13.8. The van der Waals surface area contributed by atoms with Gasteiger partial charge in [-0.15, -0.1) is 0 Å². The maximum Gasteiger partial charge on any atom is 0.240 e. The molecular weight excluding hydrogens is 326 g/mol. The van der Waals surface area contributed by atoms with E-state index in [9.17, 15) is 13.2 Å². The molecule has 1 amide bonds. The number of carbonyl (C=O) groups is 1. The minimum absolute atomic E-state index is 0.0405. The van der Waals surface area contributed by atoms with Crippen molar-refractivity contribution in [2.75, 3.05) is 32.7 Å². The second-order valence-corrected chi connectivity index (χ2v) is 8.36. The number of nitrogens with zero attached hydrogens (tertiary/aromatic N) is 1. The van der Waals surface area contributed by atoms with Crippen LogP contribution in [0.4, 0.5) is 0 Å². The number of likely N-dealkylation sites (tertiary alicyclic amines) is 1. The number of sulfonamides is 1. The molecular formula is C17H25N3O3S. The van der Waals surface area contributed by atoms with Gasteiger partial charge in [-0.3, -0.25) is 4.79 Å². The molecule has 2 fully saturated rings. The van der Waals surface area contributed by atoms with Gasteiger partial charge in [0.05, 0.1) is 4.90 Å². The van der Waals surface area contributed by atoms with Crippen LogP contribution in [-0.4, -0.2) is 51.9 Å². The number of hydrogen-bond donors (Lipinski definition) is 2. The van der Waals surface area contributed by atoms with Crippen molar-refractivity contribution >= 4 is 15.9 Å². The van der Waals surface area contributed by atoms with Crippen molar-refractivity contribution in [1.29, 1.82) is 0 Å². The maximum absolute atomic E-state index is 12.4. The lowest BCUT2D eigenvalue weighted by molar-refractivity contribution is -0.131. The van der Waals surface area contributed by atoms with Crippen LogP contribution >= 0.6 is 0 Å². The molecule has 2 aliphatic rings. The average Bonchev–Trinajstić information content (AvgIpc) is 2.94. The molecule has 1 aromatic carbocycles. The zero-order valence-corrected chi connectivity index (χ0v) is 14.6. The molecule has 0 aliphatic carbocycles. The van der Waals surface area contributed by atoms with Gasteiger partial charge < -0.3 is 10.2 Å². The first-order chi connectivity index (χ1) is 11.6. The first-order valence-corrected chi connectivity index (χ1v) is 10.1. The standard InChI is InChI=1S/C17H25N3O3S/c21-17(20-10-7-14-12-18-13-15(14)8-11-20)6-9-19-24(22,23)16-4-2-1-3-5-16/h1-5,14-15,18-19H,6-13H2/t14-,15+. The van der Waals surface area contributed by atoms with Crippen LogP contribution in [-0.2, 0) is 14.8 Å². The van der Waals surface area contributed by atoms with Crippen molar-refractivity contribution in [3.8, 4) is 0 Å². The second kappa shape index (κ2) is 7.63. The van der Waals surface area contributed by atoms with Gasteiger partial charge in [0.15, 0.2) is 0 Å². The fourth-order valence-electron chi connectivity index (χ4n) is 3.60. The Bertz CT molecular complexity index is 649. The summed E-state index contributed by atoms with van der Waals surface area (Å²) in [5.41, 5.74) is 0. The summed E-state index contributed by atoms with van der Waals surface area (Å²) in [6, 6.07) is 8.23. The lowest BCUT2D eigenvalue weighted by Crippen LogP contribution is -2.35. The summed E-state index contributed by atoms with van der Waals surface area (Å²) in [6.07, 6.45) is 2.29. The predicted molar refractivity (Wildman–Crippen MR) is 91.9 cm³/mol. The minimum Gasteiger partial charge on any atom is -0.343 e. The van der Waals surface area contributed by atoms with Crippen LogP contribution in [0.2, 0.25) is 0 Å². The fraction of sp³-hybridized carbons (Fsp3) is 0.588. The van der Waals surface area contributed by atoms with Gasteiger partial charge in [-0.05, 0) is 49.9 Å². The predicted octanol–water partition coefficient (Wildman–Crippen LogP) is 0.813.